The number of hydrogen-bond donors (Lipinski definition) is 1. The minimum Gasteiger partial charge on any atom is -0.335 e. The topological polar surface area (TPSA) is 84.3 Å². The summed E-state index contributed by atoms with van der Waals surface area (Å²) in [6.07, 6.45) is 1.24. The van der Waals surface area contributed by atoms with Crippen LogP contribution in [0.3, 0.4) is 0 Å². The zero-order valence-electron chi connectivity index (χ0n) is 15.8. The smallest absolute Gasteiger partial charge is 0.261 e. The summed E-state index contributed by atoms with van der Waals surface area (Å²) in [6, 6.07) is 9.14. The minimum absolute atomic E-state index is 0.0893. The molecule has 9 heteroatoms. The van der Waals surface area contributed by atoms with Crippen molar-refractivity contribution in [1.82, 2.24) is 14.5 Å². The van der Waals surface area contributed by atoms with Crippen molar-refractivity contribution >= 4 is 44.3 Å². The highest BCUT2D eigenvalue weighted by Crippen LogP contribution is 2.19. The molecule has 7 nitrogen and oxygen atoms in total. The Labute approximate surface area is 174 Å². The molecule has 2 amide bonds. The number of benzene rings is 2. The van der Waals surface area contributed by atoms with Gasteiger partial charge in [0.05, 0.1) is 23.8 Å². The largest absolute Gasteiger partial charge is 0.335 e. The Morgan fingerprint density at radius 1 is 1.24 bits per heavy atom. The number of aryl methyl sites for hydroxylation is 1. The highest BCUT2D eigenvalue weighted by molar-refractivity contribution is 9.10. The van der Waals surface area contributed by atoms with Crippen LogP contribution >= 0.6 is 15.9 Å². The molecular formula is C20H18BrFN4O3. The second-order valence-electron chi connectivity index (χ2n) is 6.60. The van der Waals surface area contributed by atoms with E-state index in [1.165, 1.54) is 30.4 Å². The number of carbonyl (C=O) groups is 2. The number of rotatable bonds is 5. The molecule has 0 bridgehead atoms. The van der Waals surface area contributed by atoms with E-state index in [1.54, 1.807) is 12.1 Å². The van der Waals surface area contributed by atoms with Gasteiger partial charge in [-0.1, -0.05) is 15.9 Å². The van der Waals surface area contributed by atoms with Gasteiger partial charge in [0.1, 0.15) is 12.4 Å². The summed E-state index contributed by atoms with van der Waals surface area (Å²) in [5.41, 5.74) is 1.35. The molecule has 2 aromatic carbocycles. The third kappa shape index (κ3) is 4.86. The predicted octanol–water partition coefficient (Wildman–Crippen LogP) is 2.70. The maximum absolute atomic E-state index is 13.4. The van der Waals surface area contributed by atoms with Crippen molar-refractivity contribution in [2.45, 2.75) is 13.5 Å². The molecule has 0 unspecified atom stereocenters. The van der Waals surface area contributed by atoms with Crippen molar-refractivity contribution in [2.24, 2.45) is 0 Å². The van der Waals surface area contributed by atoms with E-state index in [4.69, 9.17) is 0 Å². The number of halogens is 2. The summed E-state index contributed by atoms with van der Waals surface area (Å²) < 4.78 is 15.4. The number of nitrogens with one attached hydrogen (secondary N) is 1. The first-order valence-electron chi connectivity index (χ1n) is 8.69. The van der Waals surface area contributed by atoms with Crippen molar-refractivity contribution < 1.29 is 14.0 Å². The van der Waals surface area contributed by atoms with Gasteiger partial charge in [0.2, 0.25) is 11.8 Å². The van der Waals surface area contributed by atoms with E-state index < -0.39 is 17.3 Å². The zero-order valence-corrected chi connectivity index (χ0v) is 17.4. The van der Waals surface area contributed by atoms with Gasteiger partial charge in [0.15, 0.2) is 0 Å². The van der Waals surface area contributed by atoms with Gasteiger partial charge in [-0.05, 0) is 48.9 Å². The predicted molar refractivity (Wildman–Crippen MR) is 111 cm³/mol. The van der Waals surface area contributed by atoms with Crippen molar-refractivity contribution in [2.75, 3.05) is 18.9 Å². The fourth-order valence-corrected chi connectivity index (χ4v) is 3.25. The maximum atomic E-state index is 13.4. The number of likely N-dealkylation sites (N-methyl/N-ethyl adjacent to an activating group) is 1. The third-order valence-corrected chi connectivity index (χ3v) is 4.85. The van der Waals surface area contributed by atoms with Crippen LogP contribution in [0.4, 0.5) is 10.1 Å². The first-order chi connectivity index (χ1) is 13.7. The molecule has 0 spiro atoms. The molecule has 0 fully saturated rings. The fourth-order valence-electron chi connectivity index (χ4n) is 2.77. The molecule has 1 heterocycles. The zero-order chi connectivity index (χ0) is 21.1. The molecule has 3 rings (SSSR count). The van der Waals surface area contributed by atoms with Gasteiger partial charge in [-0.3, -0.25) is 19.0 Å². The number of fused-ring (bicyclic) bond motifs is 1. The SMILES string of the molecule is Cc1cc(Br)ccc1NC(=O)CN(C)C(=O)Cn1cnc2ccc(F)cc2c1=O. The van der Waals surface area contributed by atoms with Gasteiger partial charge >= 0.3 is 0 Å². The van der Waals surface area contributed by atoms with E-state index in [2.05, 4.69) is 26.2 Å². The normalized spacial score (nSPS) is 10.8. The van der Waals surface area contributed by atoms with Crippen LogP contribution in [-0.4, -0.2) is 39.9 Å². The lowest BCUT2D eigenvalue weighted by molar-refractivity contribution is -0.133. The quantitative estimate of drug-likeness (QED) is 0.634. The molecule has 1 N–H and O–H groups in total. The summed E-state index contributed by atoms with van der Waals surface area (Å²) in [5.74, 6) is -1.37. The molecule has 0 atom stereocenters. The van der Waals surface area contributed by atoms with Crippen LogP contribution in [0.1, 0.15) is 5.56 Å². The van der Waals surface area contributed by atoms with Gasteiger partial charge in [-0.2, -0.15) is 0 Å². The van der Waals surface area contributed by atoms with E-state index in [0.717, 1.165) is 20.7 Å². The van der Waals surface area contributed by atoms with Gasteiger partial charge in [-0.25, -0.2) is 9.37 Å². The Balaban J connectivity index is 1.67. The average molecular weight is 461 g/mol. The van der Waals surface area contributed by atoms with Crippen LogP contribution in [0.2, 0.25) is 0 Å². The molecule has 0 saturated heterocycles. The van der Waals surface area contributed by atoms with Crippen LogP contribution in [-0.2, 0) is 16.1 Å². The Morgan fingerprint density at radius 3 is 2.72 bits per heavy atom. The first-order valence-corrected chi connectivity index (χ1v) is 9.48. The van der Waals surface area contributed by atoms with E-state index in [0.29, 0.717) is 11.2 Å². The van der Waals surface area contributed by atoms with Crippen LogP contribution in [0.15, 0.2) is 52.0 Å². The molecule has 29 heavy (non-hydrogen) atoms. The number of anilines is 1. The second kappa shape index (κ2) is 8.52. The molecule has 150 valence electrons. The summed E-state index contributed by atoms with van der Waals surface area (Å²) in [5, 5.41) is 2.84. The third-order valence-electron chi connectivity index (χ3n) is 4.36. The first kappa shape index (κ1) is 20.7. The van der Waals surface area contributed by atoms with Crippen molar-refractivity contribution in [3.05, 3.63) is 68.9 Å². The van der Waals surface area contributed by atoms with Crippen molar-refractivity contribution in [3.8, 4) is 0 Å². The van der Waals surface area contributed by atoms with Crippen LogP contribution in [0.5, 0.6) is 0 Å². The second-order valence-corrected chi connectivity index (χ2v) is 7.51. The van der Waals surface area contributed by atoms with Gasteiger partial charge < -0.3 is 10.2 Å². The molecule has 0 saturated carbocycles. The Hall–Kier alpha value is -3.07. The van der Waals surface area contributed by atoms with E-state index >= 15 is 0 Å². The van der Waals surface area contributed by atoms with Crippen molar-refractivity contribution in [3.63, 3.8) is 0 Å². The Morgan fingerprint density at radius 2 is 2.00 bits per heavy atom. The summed E-state index contributed by atoms with van der Waals surface area (Å²) in [6.45, 7) is 1.37. The van der Waals surface area contributed by atoms with E-state index in [1.807, 2.05) is 13.0 Å². The molecule has 0 radical (unpaired) electrons. The van der Waals surface area contributed by atoms with Crippen LogP contribution in [0.25, 0.3) is 10.9 Å². The molecular weight excluding hydrogens is 443 g/mol. The lowest BCUT2D eigenvalue weighted by Gasteiger charge is -2.18. The molecule has 0 aliphatic heterocycles. The van der Waals surface area contributed by atoms with E-state index in [-0.39, 0.29) is 24.4 Å². The monoisotopic (exact) mass is 460 g/mol. The Kier molecular flexibility index (Phi) is 6.07. The lowest BCUT2D eigenvalue weighted by atomic mass is 10.2. The van der Waals surface area contributed by atoms with Gasteiger partial charge in [0.25, 0.3) is 5.56 Å². The minimum atomic E-state index is -0.558. The summed E-state index contributed by atoms with van der Waals surface area (Å²) in [4.78, 5) is 42.5. The lowest BCUT2D eigenvalue weighted by Crippen LogP contribution is -2.38. The summed E-state index contributed by atoms with van der Waals surface area (Å²) in [7, 11) is 1.47. The highest BCUT2D eigenvalue weighted by Gasteiger charge is 2.16. The molecule has 1 aromatic heterocycles. The maximum Gasteiger partial charge on any atom is 0.261 e. The number of amides is 2. The van der Waals surface area contributed by atoms with Crippen LogP contribution in [0, 0.1) is 12.7 Å². The fraction of sp³-hybridized carbons (Fsp3) is 0.200. The number of hydrogen-bond acceptors (Lipinski definition) is 4. The molecule has 0 aliphatic rings. The number of nitrogens with zero attached hydrogens (tertiary/aromatic N) is 3. The average Bonchev–Trinajstić information content (AvgIpc) is 2.66. The van der Waals surface area contributed by atoms with Gasteiger partial charge in [0, 0.05) is 17.2 Å². The molecule has 0 aliphatic carbocycles. The summed E-state index contributed by atoms with van der Waals surface area (Å²) >= 11 is 3.36. The van der Waals surface area contributed by atoms with Gasteiger partial charge in [-0.15, -0.1) is 0 Å². The number of carbonyl (C=O) groups excluding carboxylic acids is 2. The van der Waals surface area contributed by atoms with E-state index in [9.17, 15) is 18.8 Å². The number of aromatic nitrogens is 2. The van der Waals surface area contributed by atoms with Crippen LogP contribution < -0.4 is 10.9 Å². The molecule has 3 aromatic rings. The highest BCUT2D eigenvalue weighted by atomic mass is 79.9. The standard InChI is InChI=1S/C20H18BrFN4O3/c1-12-7-13(21)3-5-16(12)24-18(27)9-25(2)19(28)10-26-11-23-17-6-4-14(22)8-15(17)20(26)29/h3-8,11H,9-10H2,1-2H3,(H,24,27). The Bertz CT molecular complexity index is 1160. The van der Waals surface area contributed by atoms with Crippen molar-refractivity contribution in [1.29, 1.82) is 0 Å².